The Balaban J connectivity index is 1.55. The van der Waals surface area contributed by atoms with Gasteiger partial charge in [0.05, 0.1) is 26.1 Å². The van der Waals surface area contributed by atoms with Gasteiger partial charge in [0.15, 0.2) is 11.5 Å². The van der Waals surface area contributed by atoms with Crippen molar-refractivity contribution >= 4 is 11.8 Å². The van der Waals surface area contributed by atoms with Gasteiger partial charge in [0.1, 0.15) is 6.61 Å². The fraction of sp³-hybridized carbons (Fsp3) is 0.200. The first-order chi connectivity index (χ1) is 15.2. The molecule has 0 saturated heterocycles. The molecule has 2 N–H and O–H groups in total. The van der Waals surface area contributed by atoms with Crippen molar-refractivity contribution in [1.82, 2.24) is 10.6 Å². The third-order valence-corrected chi connectivity index (χ3v) is 4.68. The van der Waals surface area contributed by atoms with Gasteiger partial charge in [-0.05, 0) is 29.8 Å². The molecule has 1 unspecified atom stereocenters. The van der Waals surface area contributed by atoms with Crippen molar-refractivity contribution in [2.75, 3.05) is 20.3 Å². The number of nitrogens with one attached hydrogen (secondary N) is 2. The largest absolute Gasteiger partial charge is 0.493 e. The first kappa shape index (κ1) is 21.9. The molecule has 0 bridgehead atoms. The van der Waals surface area contributed by atoms with Crippen LogP contribution in [0.1, 0.15) is 28.4 Å². The van der Waals surface area contributed by atoms with E-state index < -0.39 is 6.04 Å². The van der Waals surface area contributed by atoms with E-state index in [2.05, 4.69) is 10.6 Å². The Labute approximate surface area is 182 Å². The summed E-state index contributed by atoms with van der Waals surface area (Å²) in [5, 5.41) is 5.81. The summed E-state index contributed by atoms with van der Waals surface area (Å²) in [5.41, 5.74) is 1.42. The van der Waals surface area contributed by atoms with Crippen LogP contribution < -0.4 is 20.1 Å². The van der Waals surface area contributed by atoms with Crippen LogP contribution in [-0.4, -0.2) is 32.1 Å². The van der Waals surface area contributed by atoms with Crippen LogP contribution in [-0.2, 0) is 4.79 Å². The van der Waals surface area contributed by atoms with Gasteiger partial charge in [-0.2, -0.15) is 0 Å². The molecule has 31 heavy (non-hydrogen) atoms. The minimum absolute atomic E-state index is 0.122. The molecule has 6 nitrogen and oxygen atoms in total. The van der Waals surface area contributed by atoms with Gasteiger partial charge in [-0.1, -0.05) is 60.7 Å². The van der Waals surface area contributed by atoms with E-state index in [0.717, 1.165) is 5.56 Å². The lowest BCUT2D eigenvalue weighted by Gasteiger charge is -2.19. The predicted molar refractivity (Wildman–Crippen MR) is 119 cm³/mol. The standard InChI is InChI=1S/C25H26N2O4/c1-30-22-14-8-9-15-23(22)31-17-16-26-24(28)18-21(19-10-4-2-5-11-19)27-25(29)20-12-6-3-7-13-20/h2-15,21H,16-18H2,1H3,(H,26,28)(H,27,29). The second kappa shape index (κ2) is 11.4. The number of carbonyl (C=O) groups excluding carboxylic acids is 2. The van der Waals surface area contributed by atoms with Crippen LogP contribution in [0.5, 0.6) is 11.5 Å². The first-order valence-corrected chi connectivity index (χ1v) is 10.1. The molecular formula is C25H26N2O4. The Morgan fingerprint density at radius 1 is 0.839 bits per heavy atom. The summed E-state index contributed by atoms with van der Waals surface area (Å²) in [6.07, 6.45) is 0.122. The number of benzene rings is 3. The second-order valence-corrected chi connectivity index (χ2v) is 6.86. The van der Waals surface area contributed by atoms with Crippen molar-refractivity contribution in [2.45, 2.75) is 12.5 Å². The smallest absolute Gasteiger partial charge is 0.251 e. The SMILES string of the molecule is COc1ccccc1OCCNC(=O)CC(NC(=O)c1ccccc1)c1ccccc1. The third-order valence-electron chi connectivity index (χ3n) is 4.68. The molecule has 160 valence electrons. The Morgan fingerprint density at radius 2 is 1.45 bits per heavy atom. The molecule has 3 aromatic carbocycles. The number of rotatable bonds is 10. The van der Waals surface area contributed by atoms with Crippen LogP contribution in [0.25, 0.3) is 0 Å². The summed E-state index contributed by atoms with van der Waals surface area (Å²) in [5.74, 6) is 0.866. The molecular weight excluding hydrogens is 392 g/mol. The number of carbonyl (C=O) groups is 2. The van der Waals surface area contributed by atoms with Crippen molar-refractivity contribution in [2.24, 2.45) is 0 Å². The fourth-order valence-corrected chi connectivity index (χ4v) is 3.12. The third kappa shape index (κ3) is 6.60. The van der Waals surface area contributed by atoms with E-state index in [4.69, 9.17) is 9.47 Å². The lowest BCUT2D eigenvalue weighted by molar-refractivity contribution is -0.121. The van der Waals surface area contributed by atoms with Gasteiger partial charge >= 0.3 is 0 Å². The van der Waals surface area contributed by atoms with Gasteiger partial charge in [-0.3, -0.25) is 9.59 Å². The minimum Gasteiger partial charge on any atom is -0.493 e. The molecule has 3 aromatic rings. The average molecular weight is 418 g/mol. The predicted octanol–water partition coefficient (Wildman–Crippen LogP) is 3.75. The van der Waals surface area contributed by atoms with Crippen LogP contribution in [0.15, 0.2) is 84.9 Å². The molecule has 2 amide bonds. The summed E-state index contributed by atoms with van der Waals surface area (Å²) in [7, 11) is 1.58. The first-order valence-electron chi connectivity index (χ1n) is 10.1. The summed E-state index contributed by atoms with van der Waals surface area (Å²) >= 11 is 0. The van der Waals surface area contributed by atoms with Crippen LogP contribution in [0.4, 0.5) is 0 Å². The summed E-state index contributed by atoms with van der Waals surface area (Å²) < 4.78 is 10.9. The molecule has 0 aliphatic rings. The number of amides is 2. The topological polar surface area (TPSA) is 76.7 Å². The van der Waals surface area contributed by atoms with Gasteiger partial charge in [0, 0.05) is 5.56 Å². The average Bonchev–Trinajstić information content (AvgIpc) is 2.82. The van der Waals surface area contributed by atoms with E-state index in [0.29, 0.717) is 30.2 Å². The highest BCUT2D eigenvalue weighted by atomic mass is 16.5. The van der Waals surface area contributed by atoms with Crippen LogP contribution >= 0.6 is 0 Å². The number of hydrogen-bond acceptors (Lipinski definition) is 4. The van der Waals surface area contributed by atoms with Gasteiger partial charge in [-0.25, -0.2) is 0 Å². The molecule has 1 atom stereocenters. The van der Waals surface area contributed by atoms with Gasteiger partial charge in [0.25, 0.3) is 5.91 Å². The van der Waals surface area contributed by atoms with Crippen molar-refractivity contribution in [1.29, 1.82) is 0 Å². The molecule has 0 fully saturated rings. The van der Waals surface area contributed by atoms with Gasteiger partial charge in [-0.15, -0.1) is 0 Å². The van der Waals surface area contributed by atoms with Crippen molar-refractivity contribution in [3.8, 4) is 11.5 Å². The summed E-state index contributed by atoms with van der Waals surface area (Å²) in [6.45, 7) is 0.642. The van der Waals surface area contributed by atoms with Crippen molar-refractivity contribution in [3.05, 3.63) is 96.1 Å². The zero-order valence-electron chi connectivity index (χ0n) is 17.4. The highest BCUT2D eigenvalue weighted by molar-refractivity contribution is 5.94. The second-order valence-electron chi connectivity index (χ2n) is 6.86. The zero-order valence-corrected chi connectivity index (χ0v) is 17.4. The Morgan fingerprint density at radius 3 is 2.13 bits per heavy atom. The van der Waals surface area contributed by atoms with Crippen LogP contribution in [0.2, 0.25) is 0 Å². The molecule has 0 saturated carbocycles. The lowest BCUT2D eigenvalue weighted by atomic mass is 10.0. The van der Waals surface area contributed by atoms with E-state index in [1.54, 1.807) is 31.4 Å². The van der Waals surface area contributed by atoms with E-state index in [9.17, 15) is 9.59 Å². The molecule has 0 aromatic heterocycles. The maximum absolute atomic E-state index is 12.6. The molecule has 6 heteroatoms. The molecule has 0 aliphatic heterocycles. The Kier molecular flexibility index (Phi) is 8.05. The number of hydrogen-bond donors (Lipinski definition) is 2. The molecule has 0 aliphatic carbocycles. The van der Waals surface area contributed by atoms with Gasteiger partial charge in [0.2, 0.25) is 5.91 Å². The minimum atomic E-state index is -0.441. The van der Waals surface area contributed by atoms with E-state index >= 15 is 0 Å². The monoisotopic (exact) mass is 418 g/mol. The highest BCUT2D eigenvalue weighted by Crippen LogP contribution is 2.25. The fourth-order valence-electron chi connectivity index (χ4n) is 3.12. The van der Waals surface area contributed by atoms with Crippen molar-refractivity contribution < 1.29 is 19.1 Å². The zero-order chi connectivity index (χ0) is 21.9. The number of methoxy groups -OCH3 is 1. The lowest BCUT2D eigenvalue weighted by Crippen LogP contribution is -2.35. The Hall–Kier alpha value is -3.80. The number of para-hydroxylation sites is 2. The van der Waals surface area contributed by atoms with E-state index in [1.165, 1.54) is 0 Å². The normalized spacial score (nSPS) is 11.3. The molecule has 0 radical (unpaired) electrons. The Bertz CT molecular complexity index is 977. The highest BCUT2D eigenvalue weighted by Gasteiger charge is 2.19. The summed E-state index contributed by atoms with van der Waals surface area (Å²) in [4.78, 5) is 25.1. The van der Waals surface area contributed by atoms with E-state index in [-0.39, 0.29) is 18.2 Å². The van der Waals surface area contributed by atoms with Crippen LogP contribution in [0, 0.1) is 0 Å². The maximum atomic E-state index is 12.6. The van der Waals surface area contributed by atoms with Crippen molar-refractivity contribution in [3.63, 3.8) is 0 Å². The summed E-state index contributed by atoms with van der Waals surface area (Å²) in [6, 6.07) is 25.3. The quantitative estimate of drug-likeness (QED) is 0.492. The molecule has 3 rings (SSSR count). The van der Waals surface area contributed by atoms with Gasteiger partial charge < -0.3 is 20.1 Å². The maximum Gasteiger partial charge on any atom is 0.251 e. The van der Waals surface area contributed by atoms with Crippen LogP contribution in [0.3, 0.4) is 0 Å². The number of ether oxygens (including phenoxy) is 2. The van der Waals surface area contributed by atoms with E-state index in [1.807, 2.05) is 60.7 Å². The molecule has 0 heterocycles. The molecule has 0 spiro atoms.